The van der Waals surface area contributed by atoms with Crippen LogP contribution in [0.2, 0.25) is 0 Å². The summed E-state index contributed by atoms with van der Waals surface area (Å²) in [5.41, 5.74) is 7.22. The Labute approximate surface area is 115 Å². The van der Waals surface area contributed by atoms with Crippen LogP contribution in [0.5, 0.6) is 5.75 Å². The van der Waals surface area contributed by atoms with E-state index in [-0.39, 0.29) is 6.61 Å². The van der Waals surface area contributed by atoms with Gasteiger partial charge in [-0.2, -0.15) is 4.68 Å². The number of hydrogen-bond donors (Lipinski definition) is 1. The molecule has 0 aliphatic heterocycles. The van der Waals surface area contributed by atoms with Crippen molar-refractivity contribution in [1.29, 1.82) is 0 Å². The summed E-state index contributed by atoms with van der Waals surface area (Å²) in [4.78, 5) is 0. The van der Waals surface area contributed by atoms with Crippen LogP contribution in [0.25, 0.3) is 5.69 Å². The molecule has 0 spiro atoms. The maximum atomic E-state index is 5.65. The van der Waals surface area contributed by atoms with Crippen LogP contribution in [0.1, 0.15) is 5.82 Å². The largest absolute Gasteiger partial charge is 0.486 e. The van der Waals surface area contributed by atoms with E-state index in [9.17, 15) is 0 Å². The van der Waals surface area contributed by atoms with Crippen molar-refractivity contribution < 1.29 is 4.74 Å². The van der Waals surface area contributed by atoms with E-state index in [2.05, 4.69) is 15.5 Å². The van der Waals surface area contributed by atoms with Gasteiger partial charge in [0.2, 0.25) is 0 Å². The van der Waals surface area contributed by atoms with E-state index in [0.29, 0.717) is 11.5 Å². The lowest BCUT2D eigenvalue weighted by atomic mass is 10.3. The second kappa shape index (κ2) is 5.40. The molecule has 0 amide bonds. The molecule has 1 aromatic heterocycles. The Morgan fingerprint density at radius 2 is 1.75 bits per heavy atom. The third kappa shape index (κ3) is 2.59. The van der Waals surface area contributed by atoms with Gasteiger partial charge < -0.3 is 10.5 Å². The highest BCUT2D eigenvalue weighted by atomic mass is 16.5. The summed E-state index contributed by atoms with van der Waals surface area (Å²) in [7, 11) is 0. The lowest BCUT2D eigenvalue weighted by Gasteiger charge is -2.07. The predicted octanol–water partition coefficient (Wildman–Crippen LogP) is 1.82. The first-order chi connectivity index (χ1) is 9.83. The number of anilines is 1. The Morgan fingerprint density at radius 3 is 2.50 bits per heavy atom. The molecule has 6 nitrogen and oxygen atoms in total. The summed E-state index contributed by atoms with van der Waals surface area (Å²) >= 11 is 0. The molecule has 0 unspecified atom stereocenters. The summed E-state index contributed by atoms with van der Waals surface area (Å²) < 4.78 is 7.30. The highest BCUT2D eigenvalue weighted by molar-refractivity contribution is 5.41. The monoisotopic (exact) mass is 267 g/mol. The molecular formula is C14H13N5O. The van der Waals surface area contributed by atoms with Crippen molar-refractivity contribution in [2.45, 2.75) is 6.61 Å². The maximum Gasteiger partial charge on any atom is 0.194 e. The van der Waals surface area contributed by atoms with E-state index in [1.807, 2.05) is 42.5 Å². The van der Waals surface area contributed by atoms with Gasteiger partial charge >= 0.3 is 0 Å². The van der Waals surface area contributed by atoms with E-state index in [1.165, 1.54) is 0 Å². The Hall–Kier alpha value is -2.89. The van der Waals surface area contributed by atoms with E-state index in [1.54, 1.807) is 16.8 Å². The van der Waals surface area contributed by atoms with Crippen molar-refractivity contribution in [1.82, 2.24) is 20.2 Å². The van der Waals surface area contributed by atoms with Gasteiger partial charge in [-0.15, -0.1) is 5.10 Å². The normalized spacial score (nSPS) is 10.4. The number of aromatic nitrogens is 4. The van der Waals surface area contributed by atoms with Crippen molar-refractivity contribution in [2.75, 3.05) is 5.73 Å². The number of nitrogens with two attached hydrogens (primary N) is 1. The number of hydrogen-bond acceptors (Lipinski definition) is 5. The van der Waals surface area contributed by atoms with Crippen molar-refractivity contribution in [3.05, 3.63) is 60.4 Å². The van der Waals surface area contributed by atoms with E-state index >= 15 is 0 Å². The molecular weight excluding hydrogens is 254 g/mol. The number of nitrogens with zero attached hydrogens (tertiary/aromatic N) is 4. The van der Waals surface area contributed by atoms with Crippen molar-refractivity contribution in [3.63, 3.8) is 0 Å². The zero-order chi connectivity index (χ0) is 13.8. The molecule has 0 atom stereocenters. The average molecular weight is 267 g/mol. The van der Waals surface area contributed by atoms with Gasteiger partial charge in [0.25, 0.3) is 0 Å². The average Bonchev–Trinajstić information content (AvgIpc) is 2.96. The lowest BCUT2D eigenvalue weighted by Crippen LogP contribution is -2.06. The molecule has 0 aliphatic rings. The molecule has 3 aromatic rings. The quantitative estimate of drug-likeness (QED) is 0.729. The molecule has 1 heterocycles. The molecule has 2 N–H and O–H groups in total. The highest BCUT2D eigenvalue weighted by Crippen LogP contribution is 2.15. The Morgan fingerprint density at radius 1 is 1.00 bits per heavy atom. The molecule has 3 rings (SSSR count). The number of rotatable bonds is 4. The van der Waals surface area contributed by atoms with Crippen LogP contribution in [-0.2, 0) is 6.61 Å². The molecule has 20 heavy (non-hydrogen) atoms. The number of para-hydroxylation sites is 1. The molecule has 0 bridgehead atoms. The maximum absolute atomic E-state index is 5.65. The SMILES string of the molecule is Nc1ccc(OCc2nnnn2-c2ccccc2)cc1. The summed E-state index contributed by atoms with van der Waals surface area (Å²) in [5.74, 6) is 1.36. The van der Waals surface area contributed by atoms with Gasteiger partial charge in [-0.1, -0.05) is 18.2 Å². The molecule has 0 saturated carbocycles. The minimum Gasteiger partial charge on any atom is -0.486 e. The van der Waals surface area contributed by atoms with Crippen LogP contribution in [0, 0.1) is 0 Å². The van der Waals surface area contributed by atoms with Gasteiger partial charge in [-0.25, -0.2) is 0 Å². The Bertz CT molecular complexity index is 678. The van der Waals surface area contributed by atoms with E-state index in [0.717, 1.165) is 11.4 Å². The fourth-order valence-electron chi connectivity index (χ4n) is 1.78. The van der Waals surface area contributed by atoms with Crippen LogP contribution >= 0.6 is 0 Å². The van der Waals surface area contributed by atoms with Gasteiger partial charge in [0, 0.05) is 5.69 Å². The smallest absolute Gasteiger partial charge is 0.194 e. The summed E-state index contributed by atoms with van der Waals surface area (Å²) in [5, 5.41) is 11.6. The van der Waals surface area contributed by atoms with Gasteiger partial charge in [-0.3, -0.25) is 0 Å². The number of nitrogen functional groups attached to an aromatic ring is 1. The molecule has 6 heteroatoms. The van der Waals surface area contributed by atoms with Crippen LogP contribution in [0.3, 0.4) is 0 Å². The van der Waals surface area contributed by atoms with Crippen LogP contribution in [0.15, 0.2) is 54.6 Å². The number of ether oxygens (including phenoxy) is 1. The molecule has 0 aliphatic carbocycles. The number of benzene rings is 2. The molecule has 0 saturated heterocycles. The van der Waals surface area contributed by atoms with Gasteiger partial charge in [0.1, 0.15) is 12.4 Å². The standard InChI is InChI=1S/C14H13N5O/c15-11-6-8-13(9-7-11)20-10-14-16-17-18-19(14)12-4-2-1-3-5-12/h1-9H,10,15H2. The summed E-state index contributed by atoms with van der Waals surface area (Å²) in [6.07, 6.45) is 0. The lowest BCUT2D eigenvalue weighted by molar-refractivity contribution is 0.292. The molecule has 0 radical (unpaired) electrons. The first-order valence-corrected chi connectivity index (χ1v) is 6.14. The summed E-state index contributed by atoms with van der Waals surface area (Å²) in [6.45, 7) is 0.284. The van der Waals surface area contributed by atoms with Gasteiger partial charge in [0.05, 0.1) is 5.69 Å². The number of tetrazole rings is 1. The first kappa shape index (κ1) is 12.2. The van der Waals surface area contributed by atoms with E-state index < -0.39 is 0 Å². The fourth-order valence-corrected chi connectivity index (χ4v) is 1.78. The van der Waals surface area contributed by atoms with Gasteiger partial charge in [-0.05, 0) is 46.8 Å². The minimum atomic E-state index is 0.284. The third-order valence-corrected chi connectivity index (χ3v) is 2.78. The summed E-state index contributed by atoms with van der Waals surface area (Å²) in [6, 6.07) is 16.9. The topological polar surface area (TPSA) is 78.8 Å². The highest BCUT2D eigenvalue weighted by Gasteiger charge is 2.08. The molecule has 0 fully saturated rings. The fraction of sp³-hybridized carbons (Fsp3) is 0.0714. The first-order valence-electron chi connectivity index (χ1n) is 6.14. The van der Waals surface area contributed by atoms with Gasteiger partial charge in [0.15, 0.2) is 5.82 Å². The predicted molar refractivity (Wildman–Crippen MR) is 74.3 cm³/mol. The second-order valence-electron chi connectivity index (χ2n) is 4.20. The van der Waals surface area contributed by atoms with Crippen LogP contribution < -0.4 is 10.5 Å². The zero-order valence-corrected chi connectivity index (χ0v) is 10.7. The van der Waals surface area contributed by atoms with Crippen LogP contribution in [0.4, 0.5) is 5.69 Å². The molecule has 100 valence electrons. The van der Waals surface area contributed by atoms with E-state index in [4.69, 9.17) is 10.5 Å². The van der Waals surface area contributed by atoms with Crippen molar-refractivity contribution >= 4 is 5.69 Å². The van der Waals surface area contributed by atoms with Crippen molar-refractivity contribution in [2.24, 2.45) is 0 Å². The third-order valence-electron chi connectivity index (χ3n) is 2.78. The Balaban J connectivity index is 1.76. The van der Waals surface area contributed by atoms with Crippen molar-refractivity contribution in [3.8, 4) is 11.4 Å². The molecule has 2 aromatic carbocycles. The zero-order valence-electron chi connectivity index (χ0n) is 10.7. The minimum absolute atomic E-state index is 0.284. The Kier molecular flexibility index (Phi) is 3.28. The van der Waals surface area contributed by atoms with Crippen LogP contribution in [-0.4, -0.2) is 20.2 Å². The second-order valence-corrected chi connectivity index (χ2v) is 4.20.